The van der Waals surface area contributed by atoms with E-state index in [0.29, 0.717) is 36.7 Å². The number of halogens is 1. The SMILES string of the molecule is O=C(CCc1ncc(-c2ccccc2F)o1)OCCCOc1ccccc1. The van der Waals surface area contributed by atoms with Crippen molar-refractivity contribution in [2.45, 2.75) is 19.3 Å². The van der Waals surface area contributed by atoms with Crippen LogP contribution in [0.4, 0.5) is 4.39 Å². The highest BCUT2D eigenvalue weighted by Gasteiger charge is 2.12. The fraction of sp³-hybridized carbons (Fsp3) is 0.238. The summed E-state index contributed by atoms with van der Waals surface area (Å²) in [6, 6.07) is 15.8. The average molecular weight is 369 g/mol. The van der Waals surface area contributed by atoms with Crippen LogP contribution in [-0.4, -0.2) is 24.2 Å². The highest BCUT2D eigenvalue weighted by molar-refractivity contribution is 5.69. The zero-order valence-corrected chi connectivity index (χ0v) is 14.8. The predicted molar refractivity (Wildman–Crippen MR) is 97.7 cm³/mol. The molecule has 0 unspecified atom stereocenters. The van der Waals surface area contributed by atoms with Crippen molar-refractivity contribution in [3.8, 4) is 17.1 Å². The van der Waals surface area contributed by atoms with Gasteiger partial charge in [0.15, 0.2) is 11.7 Å². The van der Waals surface area contributed by atoms with E-state index in [1.54, 1.807) is 18.2 Å². The summed E-state index contributed by atoms with van der Waals surface area (Å²) < 4.78 is 29.9. The number of benzene rings is 2. The van der Waals surface area contributed by atoms with Gasteiger partial charge in [0.25, 0.3) is 0 Å². The first-order valence-electron chi connectivity index (χ1n) is 8.75. The van der Waals surface area contributed by atoms with Gasteiger partial charge in [0, 0.05) is 12.8 Å². The number of nitrogens with zero attached hydrogens (tertiary/aromatic N) is 1. The van der Waals surface area contributed by atoms with E-state index in [2.05, 4.69) is 4.98 Å². The Hall–Kier alpha value is -3.15. The number of carbonyl (C=O) groups excluding carboxylic acids is 1. The summed E-state index contributed by atoms with van der Waals surface area (Å²) in [4.78, 5) is 15.9. The Bertz CT molecular complexity index is 863. The molecule has 0 amide bonds. The molecule has 27 heavy (non-hydrogen) atoms. The fourth-order valence-corrected chi connectivity index (χ4v) is 2.44. The maximum atomic E-state index is 13.7. The van der Waals surface area contributed by atoms with Crippen molar-refractivity contribution in [2.24, 2.45) is 0 Å². The van der Waals surface area contributed by atoms with Crippen molar-refractivity contribution in [3.63, 3.8) is 0 Å². The lowest BCUT2D eigenvalue weighted by atomic mass is 10.2. The van der Waals surface area contributed by atoms with Gasteiger partial charge in [0.2, 0.25) is 0 Å². The van der Waals surface area contributed by atoms with E-state index in [1.165, 1.54) is 12.3 Å². The summed E-state index contributed by atoms with van der Waals surface area (Å²) in [5.41, 5.74) is 0.345. The molecule has 3 aromatic rings. The molecule has 0 aliphatic heterocycles. The third-order valence-corrected chi connectivity index (χ3v) is 3.80. The summed E-state index contributed by atoms with van der Waals surface area (Å²) in [7, 11) is 0. The zero-order chi connectivity index (χ0) is 18.9. The maximum Gasteiger partial charge on any atom is 0.306 e. The topological polar surface area (TPSA) is 61.6 Å². The number of oxazole rings is 1. The molecule has 0 N–H and O–H groups in total. The van der Waals surface area contributed by atoms with Crippen molar-refractivity contribution in [1.29, 1.82) is 0 Å². The molecular formula is C21H20FNO4. The Kier molecular flexibility index (Phi) is 6.57. The molecular weight excluding hydrogens is 349 g/mol. The van der Waals surface area contributed by atoms with Crippen molar-refractivity contribution in [3.05, 3.63) is 72.5 Å². The number of carbonyl (C=O) groups is 1. The fourth-order valence-electron chi connectivity index (χ4n) is 2.44. The summed E-state index contributed by atoms with van der Waals surface area (Å²) in [5.74, 6) is 0.795. The molecule has 0 atom stereocenters. The van der Waals surface area contributed by atoms with Crippen LogP contribution >= 0.6 is 0 Å². The molecule has 1 aromatic heterocycles. The van der Waals surface area contributed by atoms with Gasteiger partial charge in [0.05, 0.1) is 31.4 Å². The number of hydrogen-bond acceptors (Lipinski definition) is 5. The Balaban J connectivity index is 1.35. The lowest BCUT2D eigenvalue weighted by molar-refractivity contribution is -0.143. The average Bonchev–Trinajstić information content (AvgIpc) is 3.16. The van der Waals surface area contributed by atoms with Gasteiger partial charge in [-0.1, -0.05) is 30.3 Å². The Labute approximate surface area is 156 Å². The van der Waals surface area contributed by atoms with Crippen molar-refractivity contribution < 1.29 is 23.1 Å². The number of aromatic nitrogens is 1. The van der Waals surface area contributed by atoms with E-state index in [9.17, 15) is 9.18 Å². The minimum Gasteiger partial charge on any atom is -0.493 e. The monoisotopic (exact) mass is 369 g/mol. The first-order valence-corrected chi connectivity index (χ1v) is 8.75. The number of aryl methyl sites for hydroxylation is 1. The molecule has 6 heteroatoms. The summed E-state index contributed by atoms with van der Waals surface area (Å²) in [5, 5.41) is 0. The minimum atomic E-state index is -0.377. The lowest BCUT2D eigenvalue weighted by Gasteiger charge is -2.06. The van der Waals surface area contributed by atoms with Gasteiger partial charge >= 0.3 is 5.97 Å². The molecule has 2 aromatic carbocycles. The standard InChI is InChI=1S/C21H20FNO4/c22-18-10-5-4-9-17(18)19-15-23-20(27-19)11-12-21(24)26-14-6-13-25-16-7-2-1-3-8-16/h1-5,7-10,15H,6,11-14H2. The summed E-state index contributed by atoms with van der Waals surface area (Å²) >= 11 is 0. The quantitative estimate of drug-likeness (QED) is 0.413. The van der Waals surface area contributed by atoms with Crippen molar-refractivity contribution in [2.75, 3.05) is 13.2 Å². The van der Waals surface area contributed by atoms with E-state index in [1.807, 2.05) is 30.3 Å². The normalized spacial score (nSPS) is 10.6. The maximum absolute atomic E-state index is 13.7. The number of esters is 1. The van der Waals surface area contributed by atoms with Gasteiger partial charge in [-0.2, -0.15) is 0 Å². The van der Waals surface area contributed by atoms with E-state index in [0.717, 1.165) is 5.75 Å². The molecule has 0 aliphatic carbocycles. The molecule has 5 nitrogen and oxygen atoms in total. The minimum absolute atomic E-state index is 0.150. The second-order valence-electron chi connectivity index (χ2n) is 5.83. The molecule has 0 fully saturated rings. The van der Waals surface area contributed by atoms with Gasteiger partial charge in [-0.3, -0.25) is 4.79 Å². The van der Waals surface area contributed by atoms with Gasteiger partial charge in [-0.05, 0) is 24.3 Å². The molecule has 0 aliphatic rings. The van der Waals surface area contributed by atoms with Gasteiger partial charge in [-0.25, -0.2) is 9.37 Å². The van der Waals surface area contributed by atoms with E-state index in [4.69, 9.17) is 13.9 Å². The van der Waals surface area contributed by atoms with Crippen LogP contribution in [-0.2, 0) is 16.0 Å². The zero-order valence-electron chi connectivity index (χ0n) is 14.8. The van der Waals surface area contributed by atoms with Crippen LogP contribution in [0.3, 0.4) is 0 Å². The molecule has 0 radical (unpaired) electrons. The third kappa shape index (κ3) is 5.67. The lowest BCUT2D eigenvalue weighted by Crippen LogP contribution is -2.09. The van der Waals surface area contributed by atoms with Crippen LogP contribution in [0.1, 0.15) is 18.7 Å². The van der Waals surface area contributed by atoms with Gasteiger partial charge in [-0.15, -0.1) is 0 Å². The molecule has 0 saturated carbocycles. The molecule has 0 bridgehead atoms. The van der Waals surface area contributed by atoms with Crippen LogP contribution in [0.25, 0.3) is 11.3 Å². The number of hydrogen-bond donors (Lipinski definition) is 0. The van der Waals surface area contributed by atoms with Crippen LogP contribution in [0, 0.1) is 5.82 Å². The van der Waals surface area contributed by atoms with Crippen LogP contribution in [0.5, 0.6) is 5.75 Å². The second kappa shape index (κ2) is 9.52. The van der Waals surface area contributed by atoms with Gasteiger partial charge in [0.1, 0.15) is 11.6 Å². The summed E-state index contributed by atoms with van der Waals surface area (Å²) in [6.45, 7) is 0.765. The highest BCUT2D eigenvalue weighted by Crippen LogP contribution is 2.23. The molecule has 0 saturated heterocycles. The van der Waals surface area contributed by atoms with E-state index < -0.39 is 0 Å². The molecule has 1 heterocycles. The molecule has 3 rings (SSSR count). The highest BCUT2D eigenvalue weighted by atomic mass is 19.1. The van der Waals surface area contributed by atoms with E-state index >= 15 is 0 Å². The van der Waals surface area contributed by atoms with Crippen LogP contribution < -0.4 is 4.74 Å². The number of para-hydroxylation sites is 1. The first kappa shape index (κ1) is 18.6. The smallest absolute Gasteiger partial charge is 0.306 e. The van der Waals surface area contributed by atoms with E-state index in [-0.39, 0.29) is 24.8 Å². The Morgan fingerprint density at radius 2 is 1.81 bits per heavy atom. The van der Waals surface area contributed by atoms with Crippen LogP contribution in [0.2, 0.25) is 0 Å². The third-order valence-electron chi connectivity index (χ3n) is 3.80. The molecule has 140 valence electrons. The second-order valence-corrected chi connectivity index (χ2v) is 5.83. The van der Waals surface area contributed by atoms with Crippen molar-refractivity contribution >= 4 is 5.97 Å². The first-order chi connectivity index (χ1) is 13.2. The van der Waals surface area contributed by atoms with Crippen LogP contribution in [0.15, 0.2) is 65.2 Å². The largest absolute Gasteiger partial charge is 0.493 e. The Morgan fingerprint density at radius 1 is 1.04 bits per heavy atom. The molecule has 0 spiro atoms. The van der Waals surface area contributed by atoms with Crippen molar-refractivity contribution in [1.82, 2.24) is 4.98 Å². The van der Waals surface area contributed by atoms with Gasteiger partial charge < -0.3 is 13.9 Å². The number of rotatable bonds is 9. The predicted octanol–water partition coefficient (Wildman–Crippen LogP) is 4.43. The Morgan fingerprint density at radius 3 is 2.63 bits per heavy atom. The number of ether oxygens (including phenoxy) is 2. The summed E-state index contributed by atoms with van der Waals surface area (Å²) in [6.07, 6.45) is 2.52.